The summed E-state index contributed by atoms with van der Waals surface area (Å²) in [4.78, 5) is 27.6. The summed E-state index contributed by atoms with van der Waals surface area (Å²) in [6, 6.07) is 12.1. The first-order valence-electron chi connectivity index (χ1n) is 9.15. The fraction of sp³-hybridized carbons (Fsp3) is 0.250. The van der Waals surface area contributed by atoms with E-state index in [1.54, 1.807) is 35.2 Å². The van der Waals surface area contributed by atoms with E-state index >= 15 is 0 Å². The van der Waals surface area contributed by atoms with Crippen LogP contribution in [0.5, 0.6) is 0 Å². The number of hydrogen-bond donors (Lipinski definition) is 0. The molecule has 0 saturated carbocycles. The number of halogens is 2. The third-order valence-corrected chi connectivity index (χ3v) is 5.83. The molecule has 1 amide bonds. The van der Waals surface area contributed by atoms with Gasteiger partial charge in [0.25, 0.3) is 5.91 Å². The molecule has 2 heterocycles. The summed E-state index contributed by atoms with van der Waals surface area (Å²) in [6.45, 7) is 1.00. The second-order valence-corrected chi connectivity index (χ2v) is 7.65. The molecule has 3 aromatic rings. The Morgan fingerprint density at radius 3 is 2.45 bits per heavy atom. The summed E-state index contributed by atoms with van der Waals surface area (Å²) in [6.07, 6.45) is 2.64. The van der Waals surface area contributed by atoms with Crippen LogP contribution in [0.3, 0.4) is 0 Å². The minimum absolute atomic E-state index is 0.0322. The number of tetrazole rings is 1. The van der Waals surface area contributed by atoms with Crippen LogP contribution in [0.25, 0.3) is 5.69 Å². The fourth-order valence-electron chi connectivity index (χ4n) is 3.53. The number of amides is 1. The average Bonchev–Trinajstić information content (AvgIpc) is 3.29. The van der Waals surface area contributed by atoms with E-state index in [1.165, 1.54) is 11.0 Å². The summed E-state index contributed by atoms with van der Waals surface area (Å²) < 4.78 is 1.47. The second-order valence-electron chi connectivity index (χ2n) is 6.83. The molecule has 0 radical (unpaired) electrons. The molecule has 1 aliphatic rings. The molecule has 0 unspecified atom stereocenters. The fourth-order valence-corrected chi connectivity index (χ4v) is 3.82. The zero-order valence-corrected chi connectivity index (χ0v) is 16.8. The van der Waals surface area contributed by atoms with Crippen LogP contribution >= 0.6 is 23.2 Å². The first-order chi connectivity index (χ1) is 14.0. The van der Waals surface area contributed by atoms with Crippen LogP contribution in [0.1, 0.15) is 33.6 Å². The number of piperidine rings is 1. The summed E-state index contributed by atoms with van der Waals surface area (Å²) in [5.74, 6) is -0.215. The van der Waals surface area contributed by atoms with E-state index in [4.69, 9.17) is 23.2 Å². The van der Waals surface area contributed by atoms with Gasteiger partial charge in [0.05, 0.1) is 21.3 Å². The third-order valence-electron chi connectivity index (χ3n) is 5.09. The molecule has 0 bridgehead atoms. The molecule has 1 aromatic heterocycles. The maximum absolute atomic E-state index is 13.1. The van der Waals surface area contributed by atoms with Crippen LogP contribution in [0.4, 0.5) is 0 Å². The Bertz CT molecular complexity index is 1050. The predicted molar refractivity (Wildman–Crippen MR) is 109 cm³/mol. The molecule has 9 heteroatoms. The Kier molecular flexibility index (Phi) is 5.60. The molecule has 1 fully saturated rings. The van der Waals surface area contributed by atoms with Crippen LogP contribution in [0.2, 0.25) is 10.0 Å². The number of likely N-dealkylation sites (tertiary alicyclic amines) is 1. The van der Waals surface area contributed by atoms with E-state index in [-0.39, 0.29) is 17.6 Å². The van der Waals surface area contributed by atoms with E-state index in [0.29, 0.717) is 52.8 Å². The summed E-state index contributed by atoms with van der Waals surface area (Å²) in [5, 5.41) is 11.9. The van der Waals surface area contributed by atoms with E-state index in [1.807, 2.05) is 12.1 Å². The van der Waals surface area contributed by atoms with Crippen molar-refractivity contribution < 1.29 is 9.59 Å². The molecule has 7 nitrogen and oxygen atoms in total. The van der Waals surface area contributed by atoms with E-state index < -0.39 is 0 Å². The van der Waals surface area contributed by atoms with Crippen LogP contribution in [0, 0.1) is 5.92 Å². The summed E-state index contributed by atoms with van der Waals surface area (Å²) >= 11 is 12.0. The molecular formula is C20H17Cl2N5O2. The number of carbonyl (C=O) groups excluding carboxylic acids is 2. The van der Waals surface area contributed by atoms with Gasteiger partial charge in [0.1, 0.15) is 6.33 Å². The SMILES string of the molecule is O=C(c1ccc(Cl)c(Cl)c1)C1CCN(C(=O)c2ccccc2-n2cnnn2)CC1. The standard InChI is InChI=1S/C20H17Cl2N5O2/c21-16-6-5-14(11-17(16)22)19(28)13-7-9-26(10-8-13)20(29)15-3-1-2-4-18(15)27-12-23-24-25-27/h1-6,11-13H,7-10H2. The highest BCUT2D eigenvalue weighted by atomic mass is 35.5. The Morgan fingerprint density at radius 2 is 1.76 bits per heavy atom. The molecule has 1 saturated heterocycles. The van der Waals surface area contributed by atoms with Crippen molar-refractivity contribution in [1.29, 1.82) is 0 Å². The number of hydrogen-bond acceptors (Lipinski definition) is 5. The summed E-state index contributed by atoms with van der Waals surface area (Å²) in [5.41, 5.74) is 1.69. The van der Waals surface area contributed by atoms with Crippen molar-refractivity contribution in [2.75, 3.05) is 13.1 Å². The number of benzene rings is 2. The molecule has 1 aliphatic heterocycles. The van der Waals surface area contributed by atoms with Crippen molar-refractivity contribution in [2.24, 2.45) is 5.92 Å². The number of para-hydroxylation sites is 1. The average molecular weight is 430 g/mol. The van der Waals surface area contributed by atoms with Crippen molar-refractivity contribution in [3.8, 4) is 5.69 Å². The Labute approximate surface area is 177 Å². The largest absolute Gasteiger partial charge is 0.339 e. The maximum atomic E-state index is 13.1. The van der Waals surface area contributed by atoms with Crippen molar-refractivity contribution in [1.82, 2.24) is 25.1 Å². The number of nitrogens with zero attached hydrogens (tertiary/aromatic N) is 5. The van der Waals surface area contributed by atoms with Crippen LogP contribution < -0.4 is 0 Å². The number of carbonyl (C=O) groups is 2. The predicted octanol–water partition coefficient (Wildman–Crippen LogP) is 3.70. The van der Waals surface area contributed by atoms with E-state index in [2.05, 4.69) is 15.5 Å². The van der Waals surface area contributed by atoms with Crippen molar-refractivity contribution >= 4 is 34.9 Å². The minimum Gasteiger partial charge on any atom is -0.339 e. The lowest BCUT2D eigenvalue weighted by atomic mass is 9.88. The maximum Gasteiger partial charge on any atom is 0.256 e. The van der Waals surface area contributed by atoms with E-state index in [0.717, 1.165) is 0 Å². The molecule has 29 heavy (non-hydrogen) atoms. The molecule has 148 valence electrons. The lowest BCUT2D eigenvalue weighted by Gasteiger charge is -2.31. The number of rotatable bonds is 4. The Balaban J connectivity index is 1.46. The Hall–Kier alpha value is -2.77. The van der Waals surface area contributed by atoms with Gasteiger partial charge in [0.2, 0.25) is 0 Å². The van der Waals surface area contributed by atoms with Gasteiger partial charge in [-0.25, -0.2) is 0 Å². The highest BCUT2D eigenvalue weighted by molar-refractivity contribution is 6.42. The molecule has 0 atom stereocenters. The van der Waals surface area contributed by atoms with Gasteiger partial charge in [-0.15, -0.1) is 5.10 Å². The monoisotopic (exact) mass is 429 g/mol. The molecular weight excluding hydrogens is 413 g/mol. The third kappa shape index (κ3) is 4.02. The zero-order valence-electron chi connectivity index (χ0n) is 15.3. The first kappa shape index (κ1) is 19.5. The van der Waals surface area contributed by atoms with Crippen molar-refractivity contribution in [3.63, 3.8) is 0 Å². The van der Waals surface area contributed by atoms with Crippen molar-refractivity contribution in [2.45, 2.75) is 12.8 Å². The number of Topliss-reactive ketones (excluding diaryl/α,β-unsaturated/α-hetero) is 1. The quantitative estimate of drug-likeness (QED) is 0.590. The molecule has 2 aromatic carbocycles. The molecule has 4 rings (SSSR count). The first-order valence-corrected chi connectivity index (χ1v) is 9.91. The van der Waals surface area contributed by atoms with Crippen LogP contribution in [-0.2, 0) is 0 Å². The lowest BCUT2D eigenvalue weighted by Crippen LogP contribution is -2.40. The highest BCUT2D eigenvalue weighted by Gasteiger charge is 2.29. The summed E-state index contributed by atoms with van der Waals surface area (Å²) in [7, 11) is 0. The second kappa shape index (κ2) is 8.31. The number of aromatic nitrogens is 4. The van der Waals surface area contributed by atoms with Crippen LogP contribution in [0.15, 0.2) is 48.8 Å². The molecule has 0 N–H and O–H groups in total. The van der Waals surface area contributed by atoms with Gasteiger partial charge in [-0.1, -0.05) is 35.3 Å². The van der Waals surface area contributed by atoms with Gasteiger partial charge in [0.15, 0.2) is 5.78 Å². The minimum atomic E-state index is -0.147. The van der Waals surface area contributed by atoms with Gasteiger partial charge in [-0.3, -0.25) is 9.59 Å². The normalized spacial score (nSPS) is 14.8. The topological polar surface area (TPSA) is 81.0 Å². The molecule has 0 spiro atoms. The van der Waals surface area contributed by atoms with E-state index in [9.17, 15) is 9.59 Å². The van der Waals surface area contributed by atoms with Gasteiger partial charge < -0.3 is 4.90 Å². The van der Waals surface area contributed by atoms with Gasteiger partial charge in [-0.2, -0.15) is 4.68 Å². The molecule has 0 aliphatic carbocycles. The zero-order chi connectivity index (χ0) is 20.4. The van der Waals surface area contributed by atoms with Crippen molar-refractivity contribution in [3.05, 3.63) is 70.0 Å². The smallest absolute Gasteiger partial charge is 0.256 e. The Morgan fingerprint density at radius 1 is 1.00 bits per heavy atom. The van der Waals surface area contributed by atoms with Gasteiger partial charge >= 0.3 is 0 Å². The lowest BCUT2D eigenvalue weighted by molar-refractivity contribution is 0.0650. The van der Waals surface area contributed by atoms with Gasteiger partial charge in [0, 0.05) is 24.6 Å². The van der Waals surface area contributed by atoms with Gasteiger partial charge in [-0.05, 0) is 53.6 Å². The highest BCUT2D eigenvalue weighted by Crippen LogP contribution is 2.28. The number of ketones is 1. The van der Waals surface area contributed by atoms with Crippen LogP contribution in [-0.4, -0.2) is 49.9 Å².